The van der Waals surface area contributed by atoms with Gasteiger partial charge >= 0.3 is 12.1 Å². The Morgan fingerprint density at radius 1 is 0.905 bits per heavy atom. The van der Waals surface area contributed by atoms with Crippen LogP contribution in [0.25, 0.3) is 0 Å². The maximum absolute atomic E-state index is 13.1. The number of rotatable bonds is 8. The zero-order valence-electron chi connectivity index (χ0n) is 23.7. The second-order valence-corrected chi connectivity index (χ2v) is 10.9. The van der Waals surface area contributed by atoms with Crippen molar-refractivity contribution in [1.82, 2.24) is 20.1 Å². The molecule has 220 valence electrons. The summed E-state index contributed by atoms with van der Waals surface area (Å²) < 4.78 is 12.8. The topological polar surface area (TPSA) is 131 Å². The van der Waals surface area contributed by atoms with Crippen molar-refractivity contribution in [2.75, 3.05) is 30.1 Å². The van der Waals surface area contributed by atoms with Gasteiger partial charge in [0.1, 0.15) is 33.9 Å². The van der Waals surface area contributed by atoms with Gasteiger partial charge in [0, 0.05) is 30.8 Å². The third kappa shape index (κ3) is 7.62. The molecule has 0 aliphatic rings. The molecular formula is C29H31Cl2N7O4. The summed E-state index contributed by atoms with van der Waals surface area (Å²) in [6, 6.07) is 14.8. The molecular weight excluding hydrogens is 581 g/mol. The largest absolute Gasteiger partial charge is 0.497 e. The molecule has 13 heteroatoms. The molecule has 0 saturated heterocycles. The third-order valence-corrected chi connectivity index (χ3v) is 6.87. The van der Waals surface area contributed by atoms with Crippen molar-refractivity contribution in [3.63, 3.8) is 0 Å². The number of pyridine rings is 1. The molecule has 0 saturated carbocycles. The predicted molar refractivity (Wildman–Crippen MR) is 165 cm³/mol. The monoisotopic (exact) mass is 611 g/mol. The van der Waals surface area contributed by atoms with Crippen LogP contribution in [0.15, 0.2) is 60.8 Å². The second-order valence-electron chi connectivity index (χ2n) is 10.2. The molecule has 0 fully saturated rings. The van der Waals surface area contributed by atoms with Crippen molar-refractivity contribution >= 4 is 52.6 Å². The molecule has 0 aliphatic carbocycles. The molecule has 4 aromatic rings. The lowest BCUT2D eigenvalue weighted by Gasteiger charge is -2.14. The number of hydrogen-bond donors (Lipinski definition) is 4. The molecule has 0 aliphatic heterocycles. The lowest BCUT2D eigenvalue weighted by atomic mass is 9.92. The summed E-state index contributed by atoms with van der Waals surface area (Å²) in [4.78, 5) is 28.7. The van der Waals surface area contributed by atoms with Crippen LogP contribution in [0.1, 0.15) is 32.0 Å². The molecule has 2 aromatic carbocycles. The number of methoxy groups -OCH3 is 1. The summed E-state index contributed by atoms with van der Waals surface area (Å²) in [6.45, 7) is 6.58. The Morgan fingerprint density at radius 2 is 1.64 bits per heavy atom. The van der Waals surface area contributed by atoms with Crippen molar-refractivity contribution in [2.24, 2.45) is 0 Å². The average molecular weight is 613 g/mol. The number of benzene rings is 2. The fourth-order valence-corrected chi connectivity index (χ4v) is 4.14. The van der Waals surface area contributed by atoms with Gasteiger partial charge < -0.3 is 20.1 Å². The summed E-state index contributed by atoms with van der Waals surface area (Å²) in [7, 11) is 3.11. The minimum atomic E-state index is -0.531. The van der Waals surface area contributed by atoms with Gasteiger partial charge in [0.15, 0.2) is 0 Å². The maximum Gasteiger partial charge on any atom is 0.324 e. The number of ether oxygens (including phenoxy) is 2. The number of carbonyl (C=O) groups is 2. The van der Waals surface area contributed by atoms with Gasteiger partial charge in [-0.2, -0.15) is 5.10 Å². The highest BCUT2D eigenvalue weighted by atomic mass is 35.5. The van der Waals surface area contributed by atoms with E-state index in [2.05, 4.69) is 26.3 Å². The number of urea groups is 2. The lowest BCUT2D eigenvalue weighted by Crippen LogP contribution is -2.24. The van der Waals surface area contributed by atoms with Gasteiger partial charge in [-0.05, 0) is 35.9 Å². The van der Waals surface area contributed by atoms with E-state index in [0.717, 1.165) is 17.0 Å². The van der Waals surface area contributed by atoms with Crippen LogP contribution in [-0.2, 0) is 12.0 Å². The zero-order valence-corrected chi connectivity index (χ0v) is 25.2. The van der Waals surface area contributed by atoms with Gasteiger partial charge in [-0.1, -0.05) is 56.1 Å². The number of nitrogens with zero attached hydrogens (tertiary/aromatic N) is 3. The van der Waals surface area contributed by atoms with Gasteiger partial charge in [0.25, 0.3) is 0 Å². The van der Waals surface area contributed by atoms with E-state index in [-0.39, 0.29) is 32.7 Å². The molecule has 0 spiro atoms. The summed E-state index contributed by atoms with van der Waals surface area (Å²) in [5.74, 6) is 2.16. The zero-order chi connectivity index (χ0) is 30.4. The first kappa shape index (κ1) is 30.5. The molecule has 4 amide bonds. The molecule has 0 radical (unpaired) electrons. The number of hydrogen-bond acceptors (Lipinski definition) is 6. The first-order chi connectivity index (χ1) is 20.0. The Balaban J connectivity index is 1.49. The normalized spacial score (nSPS) is 11.0. The average Bonchev–Trinajstić information content (AvgIpc) is 3.36. The molecule has 42 heavy (non-hydrogen) atoms. The fraction of sp³-hybridized carbons (Fsp3) is 0.241. The van der Waals surface area contributed by atoms with Gasteiger partial charge in [0.2, 0.25) is 0 Å². The third-order valence-electron chi connectivity index (χ3n) is 6.00. The standard InChI is InChI=1S/C29H31Cl2N7O4/c1-29(2,3)22-15-24(38(37-22)16-17-6-8-18(41-5)9-7-17)36-28(40)34-20-10-11-21(26(31)25(20)30)42-19-12-13-33-23(14-19)35-27(39)32-4/h6-15H,16H2,1-5H3,(H2,34,36,40)(H2,32,33,35,39). The van der Waals surface area contributed by atoms with Gasteiger partial charge in [0.05, 0.1) is 30.1 Å². The predicted octanol–water partition coefficient (Wildman–Crippen LogP) is 7.13. The van der Waals surface area contributed by atoms with Crippen LogP contribution in [0.2, 0.25) is 10.0 Å². The number of anilines is 3. The molecule has 0 atom stereocenters. The molecule has 0 unspecified atom stereocenters. The second kappa shape index (κ2) is 13.0. The number of nitrogens with one attached hydrogen (secondary N) is 4. The van der Waals surface area contributed by atoms with Crippen LogP contribution < -0.4 is 30.7 Å². The Morgan fingerprint density at radius 3 is 2.31 bits per heavy atom. The molecule has 4 N–H and O–H groups in total. The Hall–Kier alpha value is -4.48. The van der Waals surface area contributed by atoms with Crippen LogP contribution >= 0.6 is 23.2 Å². The summed E-state index contributed by atoms with van der Waals surface area (Å²) in [5.41, 5.74) is 1.84. The molecule has 4 rings (SSSR count). The maximum atomic E-state index is 13.1. The van der Waals surface area contributed by atoms with E-state index in [1.165, 1.54) is 19.3 Å². The van der Waals surface area contributed by atoms with E-state index in [0.29, 0.717) is 18.1 Å². The summed E-state index contributed by atoms with van der Waals surface area (Å²) >= 11 is 13.0. The Bertz CT molecular complexity index is 1580. The Kier molecular flexibility index (Phi) is 9.44. The highest BCUT2D eigenvalue weighted by Gasteiger charge is 2.22. The van der Waals surface area contributed by atoms with Crippen LogP contribution in [-0.4, -0.2) is 41.0 Å². The first-order valence-electron chi connectivity index (χ1n) is 12.9. The van der Waals surface area contributed by atoms with E-state index in [1.807, 2.05) is 51.1 Å². The molecule has 2 aromatic heterocycles. The highest BCUT2D eigenvalue weighted by Crippen LogP contribution is 2.39. The fourth-order valence-electron chi connectivity index (χ4n) is 3.73. The minimum Gasteiger partial charge on any atom is -0.497 e. The van der Waals surface area contributed by atoms with Crippen LogP contribution in [0.3, 0.4) is 0 Å². The summed E-state index contributed by atoms with van der Waals surface area (Å²) in [5, 5.41) is 15.5. The molecule has 0 bridgehead atoms. The van der Waals surface area contributed by atoms with Gasteiger partial charge in [-0.3, -0.25) is 10.6 Å². The smallest absolute Gasteiger partial charge is 0.324 e. The van der Waals surface area contributed by atoms with Crippen molar-refractivity contribution in [2.45, 2.75) is 32.7 Å². The quantitative estimate of drug-likeness (QED) is 0.168. The van der Waals surface area contributed by atoms with Crippen molar-refractivity contribution in [3.05, 3.63) is 82.1 Å². The van der Waals surface area contributed by atoms with Crippen molar-refractivity contribution in [3.8, 4) is 17.2 Å². The minimum absolute atomic E-state index is 0.0872. The van der Waals surface area contributed by atoms with Crippen molar-refractivity contribution < 1.29 is 19.1 Å². The number of amides is 4. The van der Waals surface area contributed by atoms with Crippen molar-refractivity contribution in [1.29, 1.82) is 0 Å². The lowest BCUT2D eigenvalue weighted by molar-refractivity contribution is 0.254. The Labute approximate surface area is 253 Å². The number of carbonyl (C=O) groups excluding carboxylic acids is 2. The number of halogens is 2. The molecule has 11 nitrogen and oxygen atoms in total. The van der Waals surface area contributed by atoms with Crippen LogP contribution in [0, 0.1) is 0 Å². The molecule has 2 heterocycles. The van der Waals surface area contributed by atoms with E-state index < -0.39 is 12.1 Å². The van der Waals surface area contributed by atoms with Crippen LogP contribution in [0.5, 0.6) is 17.2 Å². The van der Waals surface area contributed by atoms with Gasteiger partial charge in [-0.25, -0.2) is 19.3 Å². The van der Waals surface area contributed by atoms with Gasteiger partial charge in [-0.15, -0.1) is 0 Å². The van der Waals surface area contributed by atoms with E-state index in [1.54, 1.807) is 30.0 Å². The SMILES string of the molecule is CNC(=O)Nc1cc(Oc2ccc(NC(=O)Nc3cc(C(C)(C)C)nn3Cc3ccc(OC)cc3)c(Cl)c2Cl)ccn1. The number of aromatic nitrogens is 3. The highest BCUT2D eigenvalue weighted by molar-refractivity contribution is 6.45. The van der Waals surface area contributed by atoms with E-state index >= 15 is 0 Å². The van der Waals surface area contributed by atoms with Crippen LogP contribution in [0.4, 0.5) is 26.9 Å². The van der Waals surface area contributed by atoms with E-state index in [4.69, 9.17) is 37.8 Å². The first-order valence-corrected chi connectivity index (χ1v) is 13.6. The van der Waals surface area contributed by atoms with E-state index in [9.17, 15) is 9.59 Å². The summed E-state index contributed by atoms with van der Waals surface area (Å²) in [6.07, 6.45) is 1.47.